The predicted octanol–water partition coefficient (Wildman–Crippen LogP) is 0.755. The Labute approximate surface area is 140 Å². The van der Waals surface area contributed by atoms with Crippen LogP contribution in [-0.2, 0) is 14.8 Å². The molecule has 2 fully saturated rings. The Morgan fingerprint density at radius 2 is 1.88 bits per heavy atom. The summed E-state index contributed by atoms with van der Waals surface area (Å²) >= 11 is 0. The van der Waals surface area contributed by atoms with Crippen LogP contribution in [0.2, 0.25) is 0 Å². The molecule has 0 aromatic heterocycles. The fourth-order valence-electron chi connectivity index (χ4n) is 3.26. The lowest BCUT2D eigenvalue weighted by Crippen LogP contribution is -2.39. The zero-order valence-electron chi connectivity index (χ0n) is 13.8. The van der Waals surface area contributed by atoms with Gasteiger partial charge in [-0.1, -0.05) is 6.92 Å². The third-order valence-electron chi connectivity index (χ3n) is 4.32. The highest BCUT2D eigenvalue weighted by Crippen LogP contribution is 2.20. The molecule has 2 aliphatic heterocycles. The third kappa shape index (κ3) is 5.59. The minimum absolute atomic E-state index is 0.0608. The molecule has 2 rings (SSSR count). The van der Waals surface area contributed by atoms with Crippen LogP contribution < -0.4 is 0 Å². The van der Waals surface area contributed by atoms with Gasteiger partial charge in [0.25, 0.3) is 0 Å². The van der Waals surface area contributed by atoms with Crippen molar-refractivity contribution < 1.29 is 26.4 Å². The van der Waals surface area contributed by atoms with Crippen molar-refractivity contribution in [3.8, 4) is 0 Å². The van der Waals surface area contributed by atoms with E-state index in [1.807, 2.05) is 6.92 Å². The summed E-state index contributed by atoms with van der Waals surface area (Å²) < 4.78 is 62.4. The maximum atomic E-state index is 12.5. The molecule has 0 aliphatic carbocycles. The number of alkyl halides is 3. The van der Waals surface area contributed by atoms with Crippen molar-refractivity contribution in [3.05, 3.63) is 0 Å². The standard InChI is InChI=1S/C14H24F3N3O3S/c1-12-9-18(11-14(15,16)17)6-7-19(10-12)13(21)3-5-20-4-2-8-24(20,22)23/h12H,2-11H2,1H3. The molecule has 24 heavy (non-hydrogen) atoms. The van der Waals surface area contributed by atoms with Crippen LogP contribution in [0.3, 0.4) is 0 Å². The van der Waals surface area contributed by atoms with Gasteiger partial charge in [-0.05, 0) is 12.3 Å². The summed E-state index contributed by atoms with van der Waals surface area (Å²) in [5.74, 6) is -0.138. The van der Waals surface area contributed by atoms with E-state index in [0.29, 0.717) is 26.1 Å². The first-order chi connectivity index (χ1) is 11.1. The molecule has 0 aromatic carbocycles. The minimum atomic E-state index is -4.25. The molecule has 0 aromatic rings. The highest BCUT2D eigenvalue weighted by atomic mass is 32.2. The van der Waals surface area contributed by atoms with Crippen molar-refractivity contribution in [2.24, 2.45) is 5.92 Å². The van der Waals surface area contributed by atoms with Crippen LogP contribution >= 0.6 is 0 Å². The first kappa shape index (κ1) is 19.5. The highest BCUT2D eigenvalue weighted by Gasteiger charge is 2.34. The molecule has 2 heterocycles. The van der Waals surface area contributed by atoms with E-state index in [2.05, 4.69) is 0 Å². The minimum Gasteiger partial charge on any atom is -0.341 e. The maximum absolute atomic E-state index is 12.5. The summed E-state index contributed by atoms with van der Waals surface area (Å²) in [7, 11) is -3.23. The molecule has 10 heteroatoms. The van der Waals surface area contributed by atoms with Crippen molar-refractivity contribution in [1.82, 2.24) is 14.1 Å². The SMILES string of the molecule is CC1CN(CC(F)(F)F)CCN(C(=O)CCN2CCCS2(=O)=O)C1. The van der Waals surface area contributed by atoms with Crippen molar-refractivity contribution in [3.63, 3.8) is 0 Å². The summed E-state index contributed by atoms with van der Waals surface area (Å²) in [4.78, 5) is 15.2. The Balaban J connectivity index is 1.86. The third-order valence-corrected chi connectivity index (χ3v) is 6.28. The second kappa shape index (κ2) is 7.57. The molecule has 1 atom stereocenters. The van der Waals surface area contributed by atoms with Gasteiger partial charge in [-0.15, -0.1) is 0 Å². The molecule has 0 bridgehead atoms. The summed E-state index contributed by atoms with van der Waals surface area (Å²) in [5.41, 5.74) is 0. The largest absolute Gasteiger partial charge is 0.401 e. The number of carbonyl (C=O) groups excluding carboxylic acids is 1. The number of hydrogen-bond donors (Lipinski definition) is 0. The van der Waals surface area contributed by atoms with Crippen LogP contribution in [0.15, 0.2) is 0 Å². The molecule has 2 saturated heterocycles. The fourth-order valence-corrected chi connectivity index (χ4v) is 4.79. The van der Waals surface area contributed by atoms with Crippen LogP contribution in [0.5, 0.6) is 0 Å². The lowest BCUT2D eigenvalue weighted by Gasteiger charge is -2.23. The normalized spacial score (nSPS) is 26.5. The van der Waals surface area contributed by atoms with Gasteiger partial charge in [0.1, 0.15) is 0 Å². The molecule has 1 amide bonds. The maximum Gasteiger partial charge on any atom is 0.401 e. The van der Waals surface area contributed by atoms with Crippen LogP contribution in [-0.4, -0.2) is 86.2 Å². The van der Waals surface area contributed by atoms with E-state index < -0.39 is 22.7 Å². The summed E-state index contributed by atoms with van der Waals surface area (Å²) in [5, 5.41) is 0. The molecule has 1 unspecified atom stereocenters. The second-order valence-corrected chi connectivity index (χ2v) is 8.70. The molecule has 140 valence electrons. The van der Waals surface area contributed by atoms with Crippen LogP contribution in [0, 0.1) is 5.92 Å². The molecule has 0 radical (unpaired) electrons. The van der Waals surface area contributed by atoms with Gasteiger partial charge < -0.3 is 4.90 Å². The Morgan fingerprint density at radius 1 is 1.17 bits per heavy atom. The van der Waals surface area contributed by atoms with E-state index in [-0.39, 0.29) is 43.6 Å². The average molecular weight is 371 g/mol. The number of nitrogens with zero attached hydrogens (tertiary/aromatic N) is 3. The van der Waals surface area contributed by atoms with E-state index in [0.717, 1.165) is 0 Å². The fraction of sp³-hybridized carbons (Fsp3) is 0.929. The Bertz CT molecular complexity index is 553. The van der Waals surface area contributed by atoms with Gasteiger partial charge in [-0.2, -0.15) is 13.2 Å². The number of hydrogen-bond acceptors (Lipinski definition) is 4. The summed E-state index contributed by atoms with van der Waals surface area (Å²) in [6, 6.07) is 0. The highest BCUT2D eigenvalue weighted by molar-refractivity contribution is 7.89. The Morgan fingerprint density at radius 3 is 2.46 bits per heavy atom. The van der Waals surface area contributed by atoms with E-state index in [1.54, 1.807) is 4.90 Å². The second-order valence-electron chi connectivity index (χ2n) is 6.61. The molecule has 0 spiro atoms. The lowest BCUT2D eigenvalue weighted by atomic mass is 10.1. The zero-order chi connectivity index (χ0) is 18.0. The Hall–Kier alpha value is -0.870. The smallest absolute Gasteiger partial charge is 0.341 e. The predicted molar refractivity (Wildman–Crippen MR) is 82.8 cm³/mol. The molecular formula is C14H24F3N3O3S. The number of sulfonamides is 1. The molecular weight excluding hydrogens is 347 g/mol. The van der Waals surface area contributed by atoms with E-state index in [9.17, 15) is 26.4 Å². The van der Waals surface area contributed by atoms with Crippen molar-refractivity contribution in [2.45, 2.75) is 25.9 Å². The molecule has 0 N–H and O–H groups in total. The van der Waals surface area contributed by atoms with Gasteiger partial charge in [0.15, 0.2) is 0 Å². The lowest BCUT2D eigenvalue weighted by molar-refractivity contribution is -0.146. The zero-order valence-corrected chi connectivity index (χ0v) is 14.6. The molecule has 2 aliphatic rings. The topological polar surface area (TPSA) is 60.9 Å². The van der Waals surface area contributed by atoms with Crippen LogP contribution in [0.25, 0.3) is 0 Å². The number of halogens is 3. The van der Waals surface area contributed by atoms with Gasteiger partial charge in [-0.25, -0.2) is 12.7 Å². The van der Waals surface area contributed by atoms with Gasteiger partial charge in [0.2, 0.25) is 15.9 Å². The first-order valence-corrected chi connectivity index (χ1v) is 9.72. The average Bonchev–Trinajstić information content (AvgIpc) is 2.65. The molecule has 6 nitrogen and oxygen atoms in total. The number of rotatable bonds is 4. The summed E-state index contributed by atoms with van der Waals surface area (Å²) in [6.07, 6.45) is -3.60. The van der Waals surface area contributed by atoms with Gasteiger partial charge >= 0.3 is 6.18 Å². The van der Waals surface area contributed by atoms with Crippen molar-refractivity contribution in [1.29, 1.82) is 0 Å². The summed E-state index contributed by atoms with van der Waals surface area (Å²) in [6.45, 7) is 2.56. The number of amides is 1. The van der Waals surface area contributed by atoms with Crippen LogP contribution in [0.1, 0.15) is 19.8 Å². The first-order valence-electron chi connectivity index (χ1n) is 8.11. The van der Waals surface area contributed by atoms with E-state index in [4.69, 9.17) is 0 Å². The van der Waals surface area contributed by atoms with Crippen molar-refractivity contribution in [2.75, 3.05) is 51.6 Å². The Kier molecular flexibility index (Phi) is 6.14. The molecule has 0 saturated carbocycles. The van der Waals surface area contributed by atoms with Gasteiger partial charge in [0, 0.05) is 45.7 Å². The monoisotopic (exact) mass is 371 g/mol. The van der Waals surface area contributed by atoms with Crippen LogP contribution in [0.4, 0.5) is 13.2 Å². The quantitative estimate of drug-likeness (QED) is 0.732. The van der Waals surface area contributed by atoms with Crippen molar-refractivity contribution >= 4 is 15.9 Å². The van der Waals surface area contributed by atoms with E-state index in [1.165, 1.54) is 9.21 Å². The van der Waals surface area contributed by atoms with E-state index >= 15 is 0 Å². The number of carbonyl (C=O) groups is 1. The van der Waals surface area contributed by atoms with Gasteiger partial charge in [-0.3, -0.25) is 9.69 Å². The van der Waals surface area contributed by atoms with Gasteiger partial charge in [0.05, 0.1) is 12.3 Å².